The number of nitrogens with one attached hydrogen (secondary N) is 3. The molecular weight excluding hydrogens is 411 g/mol. The van der Waals surface area contributed by atoms with Gasteiger partial charge in [-0.15, -0.1) is 0 Å². The molecule has 1 saturated heterocycles. The number of nitriles is 1. The Bertz CT molecular complexity index is 1320. The van der Waals surface area contributed by atoms with E-state index >= 15 is 0 Å². The summed E-state index contributed by atoms with van der Waals surface area (Å²) < 4.78 is 38.9. The van der Waals surface area contributed by atoms with Gasteiger partial charge in [0, 0.05) is 17.8 Å². The molecule has 0 spiro atoms. The summed E-state index contributed by atoms with van der Waals surface area (Å²) in [7, 11) is -3.62. The molecule has 3 aromatic rings. The van der Waals surface area contributed by atoms with Crippen LogP contribution in [0.3, 0.4) is 0 Å². The Morgan fingerprint density at radius 1 is 1.33 bits per heavy atom. The Hall–Kier alpha value is -3.72. The molecule has 0 amide bonds. The second-order valence-corrected chi connectivity index (χ2v) is 9.07. The lowest BCUT2D eigenvalue weighted by atomic mass is 10.2. The molecule has 152 valence electrons. The maximum atomic E-state index is 14.4. The summed E-state index contributed by atoms with van der Waals surface area (Å²) in [4.78, 5) is 16.4. The van der Waals surface area contributed by atoms with Crippen molar-refractivity contribution in [2.24, 2.45) is 0 Å². The third kappa shape index (κ3) is 3.50. The zero-order valence-electron chi connectivity index (χ0n) is 15.6. The van der Waals surface area contributed by atoms with Crippen molar-refractivity contribution in [1.82, 2.24) is 25.3 Å². The molecule has 0 aromatic carbocycles. The van der Waals surface area contributed by atoms with E-state index in [1.54, 1.807) is 12.1 Å². The number of halogens is 1. The Morgan fingerprint density at radius 2 is 2.13 bits per heavy atom. The van der Waals surface area contributed by atoms with Gasteiger partial charge in [-0.1, -0.05) is 0 Å². The number of hydrogen-bond acceptors (Lipinski definition) is 9. The van der Waals surface area contributed by atoms with Crippen LogP contribution in [0.25, 0.3) is 10.9 Å². The average Bonchev–Trinajstić information content (AvgIpc) is 2.72. The summed E-state index contributed by atoms with van der Waals surface area (Å²) in [6.45, 7) is 1.40. The number of hydrogen-bond donors (Lipinski definition) is 3. The van der Waals surface area contributed by atoms with Gasteiger partial charge in [-0.05, 0) is 19.1 Å². The predicted octanol–water partition coefficient (Wildman–Crippen LogP) is 1.60. The van der Waals surface area contributed by atoms with Crippen molar-refractivity contribution in [2.45, 2.75) is 18.2 Å². The summed E-state index contributed by atoms with van der Waals surface area (Å²) in [5.41, 5.74) is 0.675. The van der Waals surface area contributed by atoms with E-state index in [0.717, 1.165) is 6.20 Å². The molecule has 2 atom stereocenters. The standard InChI is InChI=1S/C18H15FN8O2S/c1-9-16(21)25-13(8-30(9,28)29)15-12(19)7-24-18(26-15)27-17-14-11(2-3-22-17)4-10(5-20)6-23-14/h2-4,6-7,9,13H,8H2,1H3,(H2,21,25)(H,22,24,26,27)/t9-,13?/m0/s1. The number of nitrogens with zero attached hydrogens (tertiary/aromatic N) is 5. The number of anilines is 2. The number of fused-ring (bicyclic) bond motifs is 1. The molecule has 4 heterocycles. The van der Waals surface area contributed by atoms with E-state index in [1.807, 2.05) is 6.07 Å². The van der Waals surface area contributed by atoms with Crippen molar-refractivity contribution in [3.8, 4) is 6.07 Å². The zero-order chi connectivity index (χ0) is 21.5. The van der Waals surface area contributed by atoms with Crippen LogP contribution in [0.5, 0.6) is 0 Å². The van der Waals surface area contributed by atoms with Crippen molar-refractivity contribution in [3.63, 3.8) is 0 Å². The van der Waals surface area contributed by atoms with Crippen LogP contribution in [0.2, 0.25) is 0 Å². The minimum atomic E-state index is -3.62. The topological polar surface area (TPSA) is 157 Å². The Balaban J connectivity index is 1.69. The fourth-order valence-corrected chi connectivity index (χ4v) is 4.48. The quantitative estimate of drug-likeness (QED) is 0.565. The van der Waals surface area contributed by atoms with Crippen LogP contribution < -0.4 is 10.6 Å². The highest BCUT2D eigenvalue weighted by Crippen LogP contribution is 2.26. The van der Waals surface area contributed by atoms with Crippen LogP contribution in [-0.4, -0.2) is 45.2 Å². The summed E-state index contributed by atoms with van der Waals surface area (Å²) >= 11 is 0. The maximum absolute atomic E-state index is 14.4. The minimum absolute atomic E-state index is 0.0121. The van der Waals surface area contributed by atoms with Crippen LogP contribution in [0, 0.1) is 22.6 Å². The molecule has 10 nitrogen and oxygen atoms in total. The van der Waals surface area contributed by atoms with Gasteiger partial charge in [-0.3, -0.25) is 10.4 Å². The van der Waals surface area contributed by atoms with E-state index in [2.05, 4.69) is 30.6 Å². The third-order valence-electron chi connectivity index (χ3n) is 4.73. The van der Waals surface area contributed by atoms with E-state index in [-0.39, 0.29) is 17.5 Å². The van der Waals surface area contributed by atoms with Gasteiger partial charge in [0.2, 0.25) is 5.95 Å². The molecule has 12 heteroatoms. The Kier molecular flexibility index (Phi) is 4.75. The lowest BCUT2D eigenvalue weighted by molar-refractivity contribution is 0.532. The lowest BCUT2D eigenvalue weighted by Gasteiger charge is -2.29. The molecule has 3 aromatic heterocycles. The van der Waals surface area contributed by atoms with E-state index in [9.17, 15) is 12.8 Å². The highest BCUT2D eigenvalue weighted by molar-refractivity contribution is 7.92. The molecule has 30 heavy (non-hydrogen) atoms. The van der Waals surface area contributed by atoms with Crippen molar-refractivity contribution in [3.05, 3.63) is 47.8 Å². The molecule has 0 bridgehead atoms. The SMILES string of the molecule is C[C@H]1C(=N)NC(c2nc(Nc3nccc4cc(C#N)cnc34)ncc2F)CS1(=O)=O. The van der Waals surface area contributed by atoms with Crippen LogP contribution >= 0.6 is 0 Å². The molecule has 1 unspecified atom stereocenters. The number of sulfone groups is 1. The smallest absolute Gasteiger partial charge is 0.228 e. The molecule has 0 saturated carbocycles. The number of aromatic nitrogens is 4. The van der Waals surface area contributed by atoms with Gasteiger partial charge in [0.1, 0.15) is 28.4 Å². The molecule has 3 N–H and O–H groups in total. The fraction of sp³-hybridized carbons (Fsp3) is 0.222. The predicted molar refractivity (Wildman–Crippen MR) is 106 cm³/mol. The minimum Gasteiger partial charge on any atom is -0.363 e. The van der Waals surface area contributed by atoms with Crippen LogP contribution in [-0.2, 0) is 9.84 Å². The van der Waals surface area contributed by atoms with Gasteiger partial charge >= 0.3 is 0 Å². The first-order valence-corrected chi connectivity index (χ1v) is 10.5. The summed E-state index contributed by atoms with van der Waals surface area (Å²) in [5.74, 6) is -1.12. The highest BCUT2D eigenvalue weighted by atomic mass is 32.2. The molecule has 1 aliphatic rings. The summed E-state index contributed by atoms with van der Waals surface area (Å²) in [5, 5.41) is 22.1. The molecule has 4 rings (SSSR count). The van der Waals surface area contributed by atoms with Crippen molar-refractivity contribution in [2.75, 3.05) is 11.1 Å². The second kappa shape index (κ2) is 7.27. The first kappa shape index (κ1) is 19.6. The van der Waals surface area contributed by atoms with Gasteiger partial charge in [0.25, 0.3) is 0 Å². The number of amidine groups is 1. The van der Waals surface area contributed by atoms with Crippen LogP contribution in [0.1, 0.15) is 24.2 Å². The first-order chi connectivity index (χ1) is 14.3. The number of pyridine rings is 2. The number of rotatable bonds is 3. The molecule has 1 fully saturated rings. The van der Waals surface area contributed by atoms with E-state index in [1.165, 1.54) is 19.3 Å². The monoisotopic (exact) mass is 426 g/mol. The van der Waals surface area contributed by atoms with Crippen molar-refractivity contribution < 1.29 is 12.8 Å². The largest absolute Gasteiger partial charge is 0.363 e. The molecular formula is C18H15FN8O2S. The van der Waals surface area contributed by atoms with Crippen LogP contribution in [0.4, 0.5) is 16.2 Å². The van der Waals surface area contributed by atoms with E-state index in [4.69, 9.17) is 10.7 Å². The van der Waals surface area contributed by atoms with Gasteiger partial charge in [-0.2, -0.15) is 5.26 Å². The van der Waals surface area contributed by atoms with Gasteiger partial charge in [0.05, 0.1) is 23.6 Å². The van der Waals surface area contributed by atoms with E-state index < -0.39 is 32.7 Å². The fourth-order valence-electron chi connectivity index (χ4n) is 3.05. The Labute approximate surface area is 170 Å². The molecule has 0 radical (unpaired) electrons. The summed E-state index contributed by atoms with van der Waals surface area (Å²) in [6, 6.07) is 4.33. The normalized spacial score (nSPS) is 20.4. The molecule has 1 aliphatic heterocycles. The third-order valence-corrected chi connectivity index (χ3v) is 6.84. The van der Waals surface area contributed by atoms with Crippen molar-refractivity contribution >= 4 is 38.3 Å². The van der Waals surface area contributed by atoms with Crippen LogP contribution in [0.15, 0.2) is 30.7 Å². The van der Waals surface area contributed by atoms with Gasteiger partial charge < -0.3 is 10.6 Å². The maximum Gasteiger partial charge on any atom is 0.228 e. The van der Waals surface area contributed by atoms with Crippen molar-refractivity contribution in [1.29, 1.82) is 10.7 Å². The van der Waals surface area contributed by atoms with E-state index in [0.29, 0.717) is 22.3 Å². The molecule has 0 aliphatic carbocycles. The lowest BCUT2D eigenvalue weighted by Crippen LogP contribution is -2.49. The highest BCUT2D eigenvalue weighted by Gasteiger charge is 2.37. The second-order valence-electron chi connectivity index (χ2n) is 6.70. The van der Waals surface area contributed by atoms with Gasteiger partial charge in [-0.25, -0.2) is 27.8 Å². The Morgan fingerprint density at radius 3 is 2.87 bits per heavy atom. The average molecular weight is 426 g/mol. The zero-order valence-corrected chi connectivity index (χ0v) is 16.4. The first-order valence-electron chi connectivity index (χ1n) is 8.79. The summed E-state index contributed by atoms with van der Waals surface area (Å²) in [6.07, 6.45) is 3.83. The van der Waals surface area contributed by atoms with Gasteiger partial charge in [0.15, 0.2) is 21.5 Å².